The molecule has 3 rings (SSSR count). The number of benzene rings is 1. The Kier molecular flexibility index (Phi) is 6.73. The molecule has 2 N–H and O–H groups in total. The van der Waals surface area contributed by atoms with Gasteiger partial charge in [-0.25, -0.2) is 4.98 Å². The Hall–Kier alpha value is -3.22. The Bertz CT molecular complexity index is 1200. The predicted octanol–water partition coefficient (Wildman–Crippen LogP) is 4.52. The molecule has 1 aromatic carbocycles. The summed E-state index contributed by atoms with van der Waals surface area (Å²) in [6.07, 6.45) is 1.49. The van der Waals surface area contributed by atoms with Crippen LogP contribution in [0.1, 0.15) is 45.8 Å². The van der Waals surface area contributed by atoms with Crippen LogP contribution in [0.15, 0.2) is 41.1 Å². The molecule has 0 unspecified atom stereocenters. The van der Waals surface area contributed by atoms with Crippen molar-refractivity contribution < 1.29 is 9.59 Å². The molecule has 31 heavy (non-hydrogen) atoms. The third-order valence-electron chi connectivity index (χ3n) is 4.24. The highest BCUT2D eigenvalue weighted by molar-refractivity contribution is 9.10. The predicted molar refractivity (Wildman–Crippen MR) is 121 cm³/mol. The Morgan fingerprint density at radius 2 is 2.06 bits per heavy atom. The van der Waals surface area contributed by atoms with Crippen molar-refractivity contribution in [3.05, 3.63) is 68.5 Å². The summed E-state index contributed by atoms with van der Waals surface area (Å²) in [5.74, 6) is -0.841. The van der Waals surface area contributed by atoms with Crippen molar-refractivity contribution in [2.75, 3.05) is 4.90 Å². The van der Waals surface area contributed by atoms with Crippen LogP contribution in [0.2, 0.25) is 5.02 Å². The second-order valence-electron chi connectivity index (χ2n) is 6.98. The van der Waals surface area contributed by atoms with Gasteiger partial charge in [-0.1, -0.05) is 11.6 Å². The van der Waals surface area contributed by atoms with Crippen molar-refractivity contribution >= 4 is 50.9 Å². The van der Waals surface area contributed by atoms with Crippen molar-refractivity contribution in [2.45, 2.75) is 26.8 Å². The Morgan fingerprint density at radius 3 is 2.65 bits per heavy atom. The minimum absolute atomic E-state index is 0.0903. The van der Waals surface area contributed by atoms with Gasteiger partial charge < -0.3 is 5.32 Å². The molecule has 0 fully saturated rings. The number of aryl methyl sites for hydroxylation is 1. The van der Waals surface area contributed by atoms with E-state index < -0.39 is 11.8 Å². The van der Waals surface area contributed by atoms with Crippen molar-refractivity contribution in [1.29, 1.82) is 5.26 Å². The van der Waals surface area contributed by atoms with Crippen LogP contribution in [0.3, 0.4) is 0 Å². The molecule has 2 amide bonds. The first-order valence-electron chi connectivity index (χ1n) is 9.24. The number of pyridine rings is 1. The average Bonchev–Trinajstić information content (AvgIpc) is 3.16. The summed E-state index contributed by atoms with van der Waals surface area (Å²) >= 11 is 9.63. The maximum Gasteiger partial charge on any atom is 0.284 e. The molecule has 0 aliphatic heterocycles. The minimum Gasteiger partial charge on any atom is -0.350 e. The summed E-state index contributed by atoms with van der Waals surface area (Å²) in [5, 5.41) is 19.1. The first-order chi connectivity index (χ1) is 14.7. The molecule has 0 saturated heterocycles. The number of rotatable bonds is 5. The number of amides is 2. The first-order valence-corrected chi connectivity index (χ1v) is 10.4. The Morgan fingerprint density at radius 1 is 1.32 bits per heavy atom. The fourth-order valence-electron chi connectivity index (χ4n) is 3.02. The zero-order valence-electron chi connectivity index (χ0n) is 16.9. The van der Waals surface area contributed by atoms with Gasteiger partial charge >= 0.3 is 0 Å². The lowest BCUT2D eigenvalue weighted by atomic mass is 10.0. The topological polar surface area (TPSA) is 115 Å². The summed E-state index contributed by atoms with van der Waals surface area (Å²) in [4.78, 5) is 32.1. The van der Waals surface area contributed by atoms with Crippen molar-refractivity contribution in [3.63, 3.8) is 0 Å². The minimum atomic E-state index is -0.547. The SMILES string of the molecule is Cc1cc(C#N)cc(C(=O)NC(C)C)c1N(C(=O)c1cc(Br)[nH]n1)c1ncccc1Cl. The van der Waals surface area contributed by atoms with Crippen molar-refractivity contribution in [2.24, 2.45) is 0 Å². The molecular formula is C21H18BrClN6O2. The molecule has 2 heterocycles. The van der Waals surface area contributed by atoms with Crippen LogP contribution >= 0.6 is 27.5 Å². The maximum absolute atomic E-state index is 13.5. The van der Waals surface area contributed by atoms with Crippen LogP contribution in [0.4, 0.5) is 11.5 Å². The van der Waals surface area contributed by atoms with Crippen molar-refractivity contribution in [1.82, 2.24) is 20.5 Å². The molecule has 0 saturated carbocycles. The van der Waals surface area contributed by atoms with Crippen molar-refractivity contribution in [3.8, 4) is 6.07 Å². The molecule has 0 spiro atoms. The number of aromatic amines is 1. The maximum atomic E-state index is 13.5. The van der Waals surface area contributed by atoms with Gasteiger partial charge in [0.15, 0.2) is 11.5 Å². The van der Waals surface area contributed by atoms with E-state index in [0.29, 0.717) is 10.2 Å². The van der Waals surface area contributed by atoms with Gasteiger partial charge in [0, 0.05) is 18.3 Å². The van der Waals surface area contributed by atoms with Crippen LogP contribution < -0.4 is 10.2 Å². The van der Waals surface area contributed by atoms with Crippen LogP contribution in [-0.4, -0.2) is 33.0 Å². The monoisotopic (exact) mass is 500 g/mol. The molecule has 0 atom stereocenters. The molecule has 0 aliphatic rings. The lowest BCUT2D eigenvalue weighted by molar-refractivity contribution is 0.0943. The Balaban J connectivity index is 2.31. The lowest BCUT2D eigenvalue weighted by Crippen LogP contribution is -2.34. The molecule has 0 bridgehead atoms. The van der Waals surface area contributed by atoms with Gasteiger partial charge in [0.2, 0.25) is 0 Å². The van der Waals surface area contributed by atoms with Crippen LogP contribution in [0.25, 0.3) is 0 Å². The van der Waals surface area contributed by atoms with E-state index in [1.165, 1.54) is 23.2 Å². The number of H-pyrrole nitrogens is 1. The molecule has 2 aromatic heterocycles. The third-order valence-corrected chi connectivity index (χ3v) is 4.94. The molecule has 3 aromatic rings. The van der Waals surface area contributed by atoms with E-state index >= 15 is 0 Å². The zero-order chi connectivity index (χ0) is 22.7. The molecule has 8 nitrogen and oxygen atoms in total. The van der Waals surface area contributed by atoms with E-state index in [9.17, 15) is 14.9 Å². The molecule has 10 heteroatoms. The fourth-order valence-corrected chi connectivity index (χ4v) is 3.53. The standard InChI is InChI=1S/C21H18BrClN6O2/c1-11(2)26-20(30)14-8-13(10-24)7-12(3)18(14)29(19-15(23)5-4-6-25-19)21(31)16-9-17(22)28-27-16/h4-9,11H,1-3H3,(H,26,30)(H,27,28). The van der Waals surface area contributed by atoms with Crippen LogP contribution in [-0.2, 0) is 0 Å². The van der Waals surface area contributed by atoms with E-state index in [4.69, 9.17) is 11.6 Å². The number of anilines is 2. The number of nitriles is 1. The van der Waals surface area contributed by atoms with Crippen LogP contribution in [0.5, 0.6) is 0 Å². The van der Waals surface area contributed by atoms with E-state index in [0.717, 1.165) is 0 Å². The summed E-state index contributed by atoms with van der Waals surface area (Å²) < 4.78 is 0.511. The average molecular weight is 502 g/mol. The van der Waals surface area contributed by atoms with Gasteiger partial charge in [0.25, 0.3) is 11.8 Å². The lowest BCUT2D eigenvalue weighted by Gasteiger charge is -2.26. The normalized spacial score (nSPS) is 10.6. The van der Waals surface area contributed by atoms with Gasteiger partial charge in [-0.05, 0) is 66.5 Å². The number of aromatic nitrogens is 3. The zero-order valence-corrected chi connectivity index (χ0v) is 19.2. The summed E-state index contributed by atoms with van der Waals surface area (Å²) in [5.41, 5.74) is 1.32. The first kappa shape index (κ1) is 22.5. The summed E-state index contributed by atoms with van der Waals surface area (Å²) in [6, 6.07) is 9.68. The summed E-state index contributed by atoms with van der Waals surface area (Å²) in [7, 11) is 0. The van der Waals surface area contributed by atoms with Gasteiger partial charge in [-0.15, -0.1) is 0 Å². The number of nitrogens with one attached hydrogen (secondary N) is 2. The highest BCUT2D eigenvalue weighted by Gasteiger charge is 2.30. The van der Waals surface area contributed by atoms with Gasteiger partial charge in [-0.2, -0.15) is 10.4 Å². The highest BCUT2D eigenvalue weighted by atomic mass is 79.9. The summed E-state index contributed by atoms with van der Waals surface area (Å²) in [6.45, 7) is 5.34. The highest BCUT2D eigenvalue weighted by Crippen LogP contribution is 2.36. The van der Waals surface area contributed by atoms with E-state index in [1.54, 1.807) is 25.1 Å². The second kappa shape index (κ2) is 9.29. The van der Waals surface area contributed by atoms with E-state index in [1.807, 2.05) is 19.9 Å². The van der Waals surface area contributed by atoms with E-state index in [2.05, 4.69) is 36.4 Å². The number of nitrogens with zero attached hydrogens (tertiary/aromatic N) is 4. The quantitative estimate of drug-likeness (QED) is 0.533. The molecule has 0 aliphatic carbocycles. The number of halogens is 2. The molecular weight excluding hydrogens is 484 g/mol. The number of hydrogen-bond donors (Lipinski definition) is 2. The van der Waals surface area contributed by atoms with Crippen LogP contribution in [0, 0.1) is 18.3 Å². The smallest absolute Gasteiger partial charge is 0.284 e. The number of hydrogen-bond acceptors (Lipinski definition) is 5. The van der Waals surface area contributed by atoms with Gasteiger partial charge in [0.1, 0.15) is 4.60 Å². The number of carbonyl (C=O) groups is 2. The largest absolute Gasteiger partial charge is 0.350 e. The van der Waals surface area contributed by atoms with E-state index in [-0.39, 0.29) is 39.4 Å². The number of carbonyl (C=O) groups excluding carboxylic acids is 2. The van der Waals surface area contributed by atoms with Gasteiger partial charge in [0.05, 0.1) is 27.9 Å². The third kappa shape index (κ3) is 4.76. The Labute approximate surface area is 192 Å². The molecule has 0 radical (unpaired) electrons. The second-order valence-corrected chi connectivity index (χ2v) is 8.24. The fraction of sp³-hybridized carbons (Fsp3) is 0.190. The van der Waals surface area contributed by atoms with Gasteiger partial charge in [-0.3, -0.25) is 19.6 Å². The molecule has 158 valence electrons.